The molecule has 0 amide bonds. The lowest BCUT2D eigenvalue weighted by atomic mass is 9.87. The lowest BCUT2D eigenvalue weighted by Gasteiger charge is -2.34. The molecule has 0 unspecified atom stereocenters. The topological polar surface area (TPSA) is 62.2 Å². The van der Waals surface area contributed by atoms with Gasteiger partial charge in [0.05, 0.1) is 12.1 Å². The number of ether oxygens (including phenoxy) is 2. The lowest BCUT2D eigenvalue weighted by Crippen LogP contribution is -2.29. The summed E-state index contributed by atoms with van der Waals surface area (Å²) >= 11 is 0. The van der Waals surface area contributed by atoms with E-state index in [0.29, 0.717) is 13.2 Å². The van der Waals surface area contributed by atoms with Crippen LogP contribution in [0.25, 0.3) is 0 Å². The van der Waals surface area contributed by atoms with Crippen LogP contribution >= 0.6 is 0 Å². The first-order chi connectivity index (χ1) is 21.8. The van der Waals surface area contributed by atoms with E-state index in [9.17, 15) is 10.2 Å². The molecule has 45 heavy (non-hydrogen) atoms. The summed E-state index contributed by atoms with van der Waals surface area (Å²) in [6.07, 6.45) is -2.02. The molecule has 1 fully saturated rings. The quantitative estimate of drug-likeness (QED) is 0.179. The molecule has 6 rings (SSSR count). The van der Waals surface area contributed by atoms with Gasteiger partial charge in [0.2, 0.25) is 0 Å². The van der Waals surface area contributed by atoms with Gasteiger partial charge < -0.3 is 24.6 Å². The van der Waals surface area contributed by atoms with Gasteiger partial charge in [-0.2, -0.15) is 0 Å². The molecular formula is C40H41NO4. The van der Waals surface area contributed by atoms with Gasteiger partial charge in [0.25, 0.3) is 0 Å². The van der Waals surface area contributed by atoms with E-state index in [1.54, 1.807) is 0 Å². The molecule has 0 aliphatic carbocycles. The van der Waals surface area contributed by atoms with E-state index >= 15 is 0 Å². The molecule has 0 spiro atoms. The van der Waals surface area contributed by atoms with Crippen molar-refractivity contribution in [2.45, 2.75) is 63.7 Å². The van der Waals surface area contributed by atoms with Crippen molar-refractivity contribution in [1.29, 1.82) is 0 Å². The van der Waals surface area contributed by atoms with Crippen molar-refractivity contribution in [3.8, 4) is 11.5 Å². The third-order valence-electron chi connectivity index (χ3n) is 8.57. The number of nitrogens with zero attached hydrogens (tertiary/aromatic N) is 1. The van der Waals surface area contributed by atoms with Crippen LogP contribution < -0.4 is 14.4 Å². The smallest absolute Gasteiger partial charge is 0.119 e. The van der Waals surface area contributed by atoms with E-state index < -0.39 is 24.3 Å². The number of anilines is 1. The van der Waals surface area contributed by atoms with Crippen molar-refractivity contribution in [1.82, 2.24) is 0 Å². The molecule has 1 aliphatic heterocycles. The molecule has 1 aliphatic rings. The summed E-state index contributed by atoms with van der Waals surface area (Å²) in [7, 11) is 0. The standard InChI is InChI=1S/C40H41NO4/c1-40(2,3)32-18-20-33(21-19-32)41-36(30-14-22-34(23-15-30)44-26-28-10-6-4-7-11-28)38(42)39(43)37(41)31-16-24-35(25-17-31)45-27-29-12-8-5-9-13-29/h4-25,36-39,42-43H,26-27H2,1-3H3/t36-,37-,38+,39+/m0/s1. The Morgan fingerprint density at radius 3 is 1.31 bits per heavy atom. The number of aliphatic hydroxyl groups is 2. The Morgan fingerprint density at radius 2 is 0.933 bits per heavy atom. The molecule has 0 saturated carbocycles. The van der Waals surface area contributed by atoms with E-state index in [0.717, 1.165) is 39.4 Å². The second-order valence-corrected chi connectivity index (χ2v) is 12.8. The van der Waals surface area contributed by atoms with Crippen LogP contribution in [0.4, 0.5) is 5.69 Å². The van der Waals surface area contributed by atoms with E-state index in [-0.39, 0.29) is 5.41 Å². The van der Waals surface area contributed by atoms with Crippen molar-refractivity contribution in [3.05, 3.63) is 161 Å². The summed E-state index contributed by atoms with van der Waals surface area (Å²) in [6, 6.07) is 43.3. The van der Waals surface area contributed by atoms with E-state index in [1.165, 1.54) is 5.56 Å². The maximum atomic E-state index is 11.6. The zero-order chi connectivity index (χ0) is 31.4. The summed E-state index contributed by atoms with van der Waals surface area (Å²) in [4.78, 5) is 2.15. The summed E-state index contributed by atoms with van der Waals surface area (Å²) < 4.78 is 12.1. The van der Waals surface area contributed by atoms with Gasteiger partial charge in [-0.25, -0.2) is 0 Å². The van der Waals surface area contributed by atoms with Crippen molar-refractivity contribution in [3.63, 3.8) is 0 Å². The van der Waals surface area contributed by atoms with Crippen LogP contribution in [0, 0.1) is 0 Å². The number of hydrogen-bond acceptors (Lipinski definition) is 5. The second kappa shape index (κ2) is 13.2. The summed E-state index contributed by atoms with van der Waals surface area (Å²) in [6.45, 7) is 7.54. The van der Waals surface area contributed by atoms with Gasteiger partial charge in [0.1, 0.15) is 36.9 Å². The van der Waals surface area contributed by atoms with Crippen molar-refractivity contribution in [2.75, 3.05) is 4.90 Å². The van der Waals surface area contributed by atoms with Gasteiger partial charge in [0.15, 0.2) is 0 Å². The van der Waals surface area contributed by atoms with Crippen LogP contribution in [0.1, 0.15) is 60.7 Å². The van der Waals surface area contributed by atoms with Crippen LogP contribution in [0.15, 0.2) is 133 Å². The first-order valence-electron chi connectivity index (χ1n) is 15.6. The molecule has 230 valence electrons. The molecule has 0 radical (unpaired) electrons. The Balaban J connectivity index is 1.28. The van der Waals surface area contributed by atoms with E-state index in [2.05, 4.69) is 49.9 Å². The van der Waals surface area contributed by atoms with Crippen LogP contribution in [-0.2, 0) is 18.6 Å². The number of rotatable bonds is 9. The molecular weight excluding hydrogens is 558 g/mol. The summed E-state index contributed by atoms with van der Waals surface area (Å²) in [5.74, 6) is 1.50. The van der Waals surface area contributed by atoms with Crippen LogP contribution in [0.5, 0.6) is 11.5 Å². The van der Waals surface area contributed by atoms with E-state index in [1.807, 2.05) is 109 Å². The molecule has 0 bridgehead atoms. The first kappa shape index (κ1) is 30.4. The zero-order valence-corrected chi connectivity index (χ0v) is 26.1. The van der Waals surface area contributed by atoms with Crippen LogP contribution in [-0.4, -0.2) is 22.4 Å². The summed E-state index contributed by atoms with van der Waals surface area (Å²) in [5.41, 5.74) is 6.16. The number of hydrogen-bond donors (Lipinski definition) is 2. The second-order valence-electron chi connectivity index (χ2n) is 12.8. The van der Waals surface area contributed by atoms with Gasteiger partial charge in [-0.3, -0.25) is 0 Å². The molecule has 5 heteroatoms. The number of aliphatic hydroxyl groups excluding tert-OH is 2. The van der Waals surface area contributed by atoms with Crippen molar-refractivity contribution in [2.24, 2.45) is 0 Å². The van der Waals surface area contributed by atoms with Gasteiger partial charge in [-0.15, -0.1) is 0 Å². The fraction of sp³-hybridized carbons (Fsp3) is 0.250. The zero-order valence-electron chi connectivity index (χ0n) is 26.1. The van der Waals surface area contributed by atoms with Gasteiger partial charge in [0, 0.05) is 5.69 Å². The minimum atomic E-state index is -1.01. The fourth-order valence-corrected chi connectivity index (χ4v) is 6.05. The molecule has 0 aromatic heterocycles. The third kappa shape index (κ3) is 6.90. The molecule has 5 aromatic carbocycles. The van der Waals surface area contributed by atoms with Gasteiger partial charge in [-0.1, -0.05) is 118 Å². The number of benzene rings is 5. The Bertz CT molecular complexity index is 1550. The molecule has 5 nitrogen and oxygen atoms in total. The monoisotopic (exact) mass is 599 g/mol. The lowest BCUT2D eigenvalue weighted by molar-refractivity contribution is 0.0276. The average Bonchev–Trinajstić information content (AvgIpc) is 3.33. The van der Waals surface area contributed by atoms with Crippen LogP contribution in [0.2, 0.25) is 0 Å². The van der Waals surface area contributed by atoms with Crippen molar-refractivity contribution < 1.29 is 19.7 Å². The molecule has 4 atom stereocenters. The largest absolute Gasteiger partial charge is 0.489 e. The SMILES string of the molecule is CC(C)(C)c1ccc(N2[C@@H](c3ccc(OCc4ccccc4)cc3)[C@@H](O)[C@H](O)[C@@H]2c2ccc(OCc3ccccc3)cc2)cc1. The van der Waals surface area contributed by atoms with Crippen LogP contribution in [0.3, 0.4) is 0 Å². The van der Waals surface area contributed by atoms with Crippen molar-refractivity contribution >= 4 is 5.69 Å². The maximum absolute atomic E-state index is 11.6. The minimum Gasteiger partial charge on any atom is -0.489 e. The Kier molecular flexibility index (Phi) is 8.92. The predicted molar refractivity (Wildman–Crippen MR) is 180 cm³/mol. The first-order valence-corrected chi connectivity index (χ1v) is 15.6. The van der Waals surface area contributed by atoms with E-state index in [4.69, 9.17) is 9.47 Å². The highest BCUT2D eigenvalue weighted by molar-refractivity contribution is 5.57. The highest BCUT2D eigenvalue weighted by Crippen LogP contribution is 2.48. The molecule has 1 heterocycles. The Labute approximate surface area is 266 Å². The Morgan fingerprint density at radius 1 is 0.533 bits per heavy atom. The molecule has 2 N–H and O–H groups in total. The molecule has 1 saturated heterocycles. The third-order valence-corrected chi connectivity index (χ3v) is 8.57. The maximum Gasteiger partial charge on any atom is 0.119 e. The fourth-order valence-electron chi connectivity index (χ4n) is 6.05. The highest BCUT2D eigenvalue weighted by Gasteiger charge is 2.49. The predicted octanol–water partition coefficient (Wildman–Crippen LogP) is 8.17. The summed E-state index contributed by atoms with van der Waals surface area (Å²) in [5, 5.41) is 23.2. The van der Waals surface area contributed by atoms with Gasteiger partial charge in [-0.05, 0) is 69.6 Å². The highest BCUT2D eigenvalue weighted by atomic mass is 16.5. The minimum absolute atomic E-state index is 0.00648. The average molecular weight is 600 g/mol. The van der Waals surface area contributed by atoms with Gasteiger partial charge >= 0.3 is 0 Å². The Hall–Kier alpha value is -4.58. The normalized spacial score (nSPS) is 19.8. The molecule has 5 aromatic rings.